The highest BCUT2D eigenvalue weighted by atomic mass is 16.2. The largest absolute Gasteiger partial charge is 0.359 e. The van der Waals surface area contributed by atoms with Gasteiger partial charge in [-0.1, -0.05) is 6.92 Å². The van der Waals surface area contributed by atoms with Gasteiger partial charge in [-0.2, -0.15) is 0 Å². The lowest BCUT2D eigenvalue weighted by Gasteiger charge is -2.39. The summed E-state index contributed by atoms with van der Waals surface area (Å²) < 4.78 is 0. The van der Waals surface area contributed by atoms with Crippen LogP contribution >= 0.6 is 0 Å². The molecule has 1 aliphatic rings. The van der Waals surface area contributed by atoms with Gasteiger partial charge < -0.3 is 5.32 Å². The monoisotopic (exact) mass is 290 g/mol. The van der Waals surface area contributed by atoms with Crippen LogP contribution in [0.2, 0.25) is 0 Å². The second-order valence-corrected chi connectivity index (χ2v) is 6.21. The molecular weight excluding hydrogens is 264 g/mol. The first-order valence-corrected chi connectivity index (χ1v) is 7.82. The van der Waals surface area contributed by atoms with E-state index in [0.29, 0.717) is 0 Å². The van der Waals surface area contributed by atoms with E-state index in [9.17, 15) is 4.79 Å². The van der Waals surface area contributed by atoms with E-state index in [1.807, 2.05) is 12.4 Å². The molecule has 2 rings (SSSR count). The first-order chi connectivity index (χ1) is 10.1. The van der Waals surface area contributed by atoms with E-state index in [4.69, 9.17) is 0 Å². The summed E-state index contributed by atoms with van der Waals surface area (Å²) in [6.45, 7) is 6.83. The number of nitrogens with one attached hydrogen (secondary N) is 1. The summed E-state index contributed by atoms with van der Waals surface area (Å²) in [6, 6.07) is 0. The van der Waals surface area contributed by atoms with Crippen molar-refractivity contribution in [1.82, 2.24) is 20.2 Å². The number of likely N-dealkylation sites (tertiary alicyclic amines) is 1. The molecule has 116 valence electrons. The molecule has 1 aromatic heterocycles. The van der Waals surface area contributed by atoms with Crippen LogP contribution in [-0.4, -0.2) is 40.9 Å². The Morgan fingerprint density at radius 2 is 2.14 bits per heavy atom. The molecule has 0 bridgehead atoms. The van der Waals surface area contributed by atoms with E-state index >= 15 is 0 Å². The maximum Gasteiger partial charge on any atom is 0.226 e. The third kappa shape index (κ3) is 4.00. The van der Waals surface area contributed by atoms with Crippen molar-refractivity contribution in [1.29, 1.82) is 0 Å². The predicted octanol–water partition coefficient (Wildman–Crippen LogP) is 1.78. The van der Waals surface area contributed by atoms with Crippen molar-refractivity contribution in [3.63, 3.8) is 0 Å². The molecule has 5 heteroatoms. The van der Waals surface area contributed by atoms with Crippen LogP contribution in [0.3, 0.4) is 0 Å². The van der Waals surface area contributed by atoms with Crippen LogP contribution in [0.1, 0.15) is 44.5 Å². The van der Waals surface area contributed by atoms with Gasteiger partial charge in [0, 0.05) is 44.5 Å². The van der Waals surface area contributed by atoms with Crippen LogP contribution in [0.15, 0.2) is 12.4 Å². The molecule has 1 aliphatic heterocycles. The van der Waals surface area contributed by atoms with E-state index in [1.165, 1.54) is 0 Å². The average Bonchev–Trinajstić information content (AvgIpc) is 2.49. The molecule has 0 radical (unpaired) electrons. The molecule has 0 aliphatic carbocycles. The van der Waals surface area contributed by atoms with Gasteiger partial charge >= 0.3 is 0 Å². The van der Waals surface area contributed by atoms with Gasteiger partial charge in [0.05, 0.1) is 5.41 Å². The molecule has 2 heterocycles. The van der Waals surface area contributed by atoms with Crippen molar-refractivity contribution in [3.05, 3.63) is 23.8 Å². The number of nitrogens with zero attached hydrogens (tertiary/aromatic N) is 3. The maximum absolute atomic E-state index is 12.0. The number of aryl methyl sites for hydroxylation is 1. The Labute approximate surface area is 127 Å². The number of piperidine rings is 1. The molecule has 1 saturated heterocycles. The Morgan fingerprint density at radius 3 is 2.76 bits per heavy atom. The van der Waals surface area contributed by atoms with Crippen LogP contribution in [0.4, 0.5) is 0 Å². The minimum absolute atomic E-state index is 0.141. The highest BCUT2D eigenvalue weighted by molar-refractivity contribution is 5.82. The standard InChI is InChI=1S/C16H26N4O/c1-4-6-14-18-9-13(10-19-14)11-20-8-5-7-16(2,12-20)15(21)17-3/h9-10H,4-8,11-12H2,1-3H3,(H,17,21). The third-order valence-electron chi connectivity index (χ3n) is 4.19. The fourth-order valence-corrected chi connectivity index (χ4v) is 3.04. The van der Waals surface area contributed by atoms with Gasteiger partial charge in [0.2, 0.25) is 5.91 Å². The molecule has 1 aromatic rings. The summed E-state index contributed by atoms with van der Waals surface area (Å²) >= 11 is 0. The molecule has 1 atom stereocenters. The quantitative estimate of drug-likeness (QED) is 0.898. The number of rotatable bonds is 5. The first kappa shape index (κ1) is 15.9. The van der Waals surface area contributed by atoms with E-state index in [1.54, 1.807) is 7.05 Å². The number of carbonyl (C=O) groups excluding carboxylic acids is 1. The lowest BCUT2D eigenvalue weighted by atomic mass is 9.81. The van der Waals surface area contributed by atoms with Gasteiger partial charge in [-0.15, -0.1) is 0 Å². The van der Waals surface area contributed by atoms with E-state index < -0.39 is 0 Å². The Bertz CT molecular complexity index is 474. The van der Waals surface area contributed by atoms with Gasteiger partial charge in [0.1, 0.15) is 5.82 Å². The van der Waals surface area contributed by atoms with Crippen LogP contribution in [0, 0.1) is 5.41 Å². The van der Waals surface area contributed by atoms with Crippen molar-refractivity contribution in [2.75, 3.05) is 20.1 Å². The molecular formula is C16H26N4O. The molecule has 1 N–H and O–H groups in total. The van der Waals surface area contributed by atoms with E-state index in [-0.39, 0.29) is 11.3 Å². The molecule has 1 fully saturated rings. The zero-order valence-corrected chi connectivity index (χ0v) is 13.4. The molecule has 0 saturated carbocycles. The summed E-state index contributed by atoms with van der Waals surface area (Å²) in [5.74, 6) is 1.05. The molecule has 1 unspecified atom stereocenters. The summed E-state index contributed by atoms with van der Waals surface area (Å²) in [6.07, 6.45) is 7.84. The number of hydrogen-bond acceptors (Lipinski definition) is 4. The third-order valence-corrected chi connectivity index (χ3v) is 4.19. The second kappa shape index (κ2) is 6.98. The summed E-state index contributed by atoms with van der Waals surface area (Å²) in [5, 5.41) is 2.79. The molecule has 5 nitrogen and oxygen atoms in total. The number of amides is 1. The lowest BCUT2D eigenvalue weighted by Crippen LogP contribution is -2.49. The van der Waals surface area contributed by atoms with Crippen LogP contribution in [0.25, 0.3) is 0 Å². The van der Waals surface area contributed by atoms with Crippen molar-refractivity contribution < 1.29 is 4.79 Å². The van der Waals surface area contributed by atoms with Gasteiger partial charge in [-0.3, -0.25) is 9.69 Å². The first-order valence-electron chi connectivity index (χ1n) is 7.82. The van der Waals surface area contributed by atoms with E-state index in [2.05, 4.69) is 34.0 Å². The highest BCUT2D eigenvalue weighted by Crippen LogP contribution is 2.30. The number of hydrogen-bond donors (Lipinski definition) is 1. The Morgan fingerprint density at radius 1 is 1.43 bits per heavy atom. The highest BCUT2D eigenvalue weighted by Gasteiger charge is 2.37. The van der Waals surface area contributed by atoms with E-state index in [0.717, 1.165) is 56.7 Å². The Balaban J connectivity index is 1.97. The molecule has 1 amide bonds. The van der Waals surface area contributed by atoms with Crippen LogP contribution in [0.5, 0.6) is 0 Å². The summed E-state index contributed by atoms with van der Waals surface area (Å²) in [4.78, 5) is 23.2. The van der Waals surface area contributed by atoms with Crippen molar-refractivity contribution in [2.24, 2.45) is 5.41 Å². The average molecular weight is 290 g/mol. The van der Waals surface area contributed by atoms with Gasteiger partial charge in [-0.25, -0.2) is 9.97 Å². The molecule has 21 heavy (non-hydrogen) atoms. The smallest absolute Gasteiger partial charge is 0.226 e. The van der Waals surface area contributed by atoms with Crippen molar-refractivity contribution in [2.45, 2.75) is 46.1 Å². The van der Waals surface area contributed by atoms with Gasteiger partial charge in [0.15, 0.2) is 0 Å². The van der Waals surface area contributed by atoms with Crippen LogP contribution in [-0.2, 0) is 17.8 Å². The molecule has 0 aromatic carbocycles. The van der Waals surface area contributed by atoms with Crippen LogP contribution < -0.4 is 5.32 Å². The number of carbonyl (C=O) groups is 1. The fourth-order valence-electron chi connectivity index (χ4n) is 3.04. The maximum atomic E-state index is 12.0. The summed E-state index contributed by atoms with van der Waals surface area (Å²) in [5.41, 5.74) is 0.840. The van der Waals surface area contributed by atoms with Crippen molar-refractivity contribution in [3.8, 4) is 0 Å². The minimum atomic E-state index is -0.282. The van der Waals surface area contributed by atoms with Crippen molar-refractivity contribution >= 4 is 5.91 Å². The minimum Gasteiger partial charge on any atom is -0.359 e. The van der Waals surface area contributed by atoms with Gasteiger partial charge in [-0.05, 0) is 32.7 Å². The number of aromatic nitrogens is 2. The zero-order chi connectivity index (χ0) is 15.3. The lowest BCUT2D eigenvalue weighted by molar-refractivity contribution is -0.132. The normalized spacial score (nSPS) is 23.0. The Hall–Kier alpha value is -1.49. The Kier molecular flexibility index (Phi) is 5.28. The SMILES string of the molecule is CCCc1ncc(CN2CCCC(C)(C(=O)NC)C2)cn1. The predicted molar refractivity (Wildman–Crippen MR) is 82.7 cm³/mol. The zero-order valence-electron chi connectivity index (χ0n) is 13.4. The summed E-state index contributed by atoms with van der Waals surface area (Å²) in [7, 11) is 1.72. The molecule has 0 spiro atoms. The fraction of sp³-hybridized carbons (Fsp3) is 0.688. The topological polar surface area (TPSA) is 58.1 Å². The van der Waals surface area contributed by atoms with Gasteiger partial charge in [0.25, 0.3) is 0 Å². The second-order valence-electron chi connectivity index (χ2n) is 6.21.